The van der Waals surface area contributed by atoms with Crippen LogP contribution in [0.25, 0.3) is 11.0 Å². The van der Waals surface area contributed by atoms with Gasteiger partial charge in [-0.1, -0.05) is 0 Å². The third-order valence-electron chi connectivity index (χ3n) is 5.39. The number of halogens is 1. The van der Waals surface area contributed by atoms with Crippen LogP contribution in [0.5, 0.6) is 0 Å². The van der Waals surface area contributed by atoms with Crippen LogP contribution >= 0.6 is 0 Å². The second-order valence-corrected chi connectivity index (χ2v) is 8.90. The normalized spacial score (nSPS) is 22.9. The van der Waals surface area contributed by atoms with Gasteiger partial charge < -0.3 is 15.0 Å². The van der Waals surface area contributed by atoms with Crippen molar-refractivity contribution < 1.29 is 13.9 Å². The molecule has 150 valence electrons. The number of nitrogens with one attached hydrogen (secondary N) is 1. The zero-order valence-corrected chi connectivity index (χ0v) is 16.6. The highest BCUT2D eigenvalue weighted by molar-refractivity contribution is 5.88. The summed E-state index contributed by atoms with van der Waals surface area (Å²) in [5.41, 5.74) is 1.18. The SMILES string of the molecule is CC(C)(C)OC(=O)N[C@H]1C[C@@H](C2CC2)CN(c2ccc(F)c3nccnc23)C1. The second-order valence-electron chi connectivity index (χ2n) is 8.90. The molecule has 2 fully saturated rings. The Hall–Kier alpha value is -2.44. The van der Waals surface area contributed by atoms with Crippen molar-refractivity contribution in [3.8, 4) is 0 Å². The van der Waals surface area contributed by atoms with Crippen molar-refractivity contribution in [1.29, 1.82) is 0 Å². The van der Waals surface area contributed by atoms with E-state index in [1.807, 2.05) is 20.8 Å². The maximum atomic E-state index is 14.2. The molecule has 0 radical (unpaired) electrons. The minimum Gasteiger partial charge on any atom is -0.444 e. The highest BCUT2D eigenvalue weighted by Crippen LogP contribution is 2.42. The third kappa shape index (κ3) is 4.18. The molecule has 2 atom stereocenters. The maximum absolute atomic E-state index is 14.2. The van der Waals surface area contributed by atoms with Crippen molar-refractivity contribution in [2.75, 3.05) is 18.0 Å². The summed E-state index contributed by atoms with van der Waals surface area (Å²) in [6, 6.07) is 3.20. The molecule has 0 spiro atoms. The Kier molecular flexibility index (Phi) is 4.85. The Labute approximate surface area is 164 Å². The number of anilines is 1. The average Bonchev–Trinajstić information content (AvgIpc) is 3.45. The van der Waals surface area contributed by atoms with E-state index in [1.54, 1.807) is 12.3 Å². The lowest BCUT2D eigenvalue weighted by Gasteiger charge is -2.40. The van der Waals surface area contributed by atoms with Crippen molar-refractivity contribution in [2.24, 2.45) is 11.8 Å². The van der Waals surface area contributed by atoms with Gasteiger partial charge in [-0.05, 0) is 64.0 Å². The number of ether oxygens (including phenoxy) is 1. The minimum atomic E-state index is -0.531. The highest BCUT2D eigenvalue weighted by Gasteiger charge is 2.38. The number of hydrogen-bond acceptors (Lipinski definition) is 5. The first-order valence-electron chi connectivity index (χ1n) is 9.94. The molecule has 1 saturated heterocycles. The Morgan fingerprint density at radius 1 is 1.14 bits per heavy atom. The zero-order chi connectivity index (χ0) is 19.9. The number of nitrogens with zero attached hydrogens (tertiary/aromatic N) is 3. The van der Waals surface area contributed by atoms with Gasteiger partial charge in [0.15, 0.2) is 5.82 Å². The van der Waals surface area contributed by atoms with E-state index in [2.05, 4.69) is 20.2 Å². The molecule has 0 bridgehead atoms. The fourth-order valence-corrected chi connectivity index (χ4v) is 4.09. The summed E-state index contributed by atoms with van der Waals surface area (Å²) in [6.07, 6.45) is 6.11. The lowest BCUT2D eigenvalue weighted by atomic mass is 9.89. The number of hydrogen-bond donors (Lipinski definition) is 1. The molecule has 2 heterocycles. The number of benzene rings is 1. The van der Waals surface area contributed by atoms with Gasteiger partial charge >= 0.3 is 6.09 Å². The summed E-state index contributed by atoms with van der Waals surface area (Å²) in [7, 11) is 0. The van der Waals surface area contributed by atoms with Crippen LogP contribution in [0.1, 0.15) is 40.0 Å². The molecule has 1 aliphatic heterocycles. The van der Waals surface area contributed by atoms with Gasteiger partial charge in [-0.15, -0.1) is 0 Å². The quantitative estimate of drug-likeness (QED) is 0.867. The molecule has 1 aromatic heterocycles. The molecule has 1 aromatic carbocycles. The second kappa shape index (κ2) is 7.18. The minimum absolute atomic E-state index is 0.0222. The third-order valence-corrected chi connectivity index (χ3v) is 5.39. The number of carbonyl (C=O) groups excluding carboxylic acids is 1. The Morgan fingerprint density at radius 2 is 1.86 bits per heavy atom. The Bertz CT molecular complexity index is 878. The van der Waals surface area contributed by atoms with Crippen molar-refractivity contribution in [3.63, 3.8) is 0 Å². The molecule has 1 N–H and O–H groups in total. The van der Waals surface area contributed by atoms with Crippen molar-refractivity contribution in [2.45, 2.75) is 51.7 Å². The summed E-state index contributed by atoms with van der Waals surface area (Å²) < 4.78 is 19.6. The van der Waals surface area contributed by atoms with Crippen LogP contribution in [-0.2, 0) is 4.74 Å². The molecule has 4 rings (SSSR count). The van der Waals surface area contributed by atoms with Crippen LogP contribution < -0.4 is 10.2 Å². The highest BCUT2D eigenvalue weighted by atomic mass is 19.1. The van der Waals surface area contributed by atoms with E-state index >= 15 is 0 Å². The van der Waals surface area contributed by atoms with E-state index in [0.717, 1.165) is 18.7 Å². The van der Waals surface area contributed by atoms with E-state index in [-0.39, 0.29) is 17.4 Å². The first-order valence-corrected chi connectivity index (χ1v) is 9.94. The predicted octanol–water partition coefficient (Wildman–Crippen LogP) is 3.90. The van der Waals surface area contributed by atoms with E-state index in [4.69, 9.17) is 4.74 Å². The monoisotopic (exact) mass is 386 g/mol. The van der Waals surface area contributed by atoms with Crippen LogP contribution in [0.15, 0.2) is 24.5 Å². The molecule has 1 amide bonds. The molecule has 1 saturated carbocycles. The van der Waals surface area contributed by atoms with Crippen LogP contribution in [-0.4, -0.2) is 40.8 Å². The van der Waals surface area contributed by atoms with Crippen LogP contribution in [0.4, 0.5) is 14.9 Å². The van der Waals surface area contributed by atoms with Crippen LogP contribution in [0.3, 0.4) is 0 Å². The van der Waals surface area contributed by atoms with Crippen LogP contribution in [0.2, 0.25) is 0 Å². The topological polar surface area (TPSA) is 67.3 Å². The summed E-state index contributed by atoms with van der Waals surface area (Å²) in [5.74, 6) is 0.819. The lowest BCUT2D eigenvalue weighted by Crippen LogP contribution is -2.52. The standard InChI is InChI=1S/C21H27FN4O2/c1-21(2,3)28-20(27)25-15-10-14(13-4-5-13)11-26(12-15)17-7-6-16(22)18-19(17)24-9-8-23-18/h6-9,13-15H,4-5,10-12H2,1-3H3,(H,25,27)/t14-,15+/m1/s1. The number of amides is 1. The van der Waals surface area contributed by atoms with E-state index in [1.165, 1.54) is 25.1 Å². The Balaban J connectivity index is 1.58. The fraction of sp³-hybridized carbons (Fsp3) is 0.571. The van der Waals surface area contributed by atoms with E-state index in [0.29, 0.717) is 23.9 Å². The molecule has 1 aliphatic carbocycles. The van der Waals surface area contributed by atoms with Crippen molar-refractivity contribution >= 4 is 22.8 Å². The van der Waals surface area contributed by atoms with Crippen LogP contribution in [0, 0.1) is 17.7 Å². The Morgan fingerprint density at radius 3 is 2.54 bits per heavy atom. The number of rotatable bonds is 3. The molecule has 28 heavy (non-hydrogen) atoms. The van der Waals surface area contributed by atoms with Gasteiger partial charge in [0.25, 0.3) is 0 Å². The van der Waals surface area contributed by atoms with Gasteiger partial charge in [0.1, 0.15) is 16.6 Å². The number of fused-ring (bicyclic) bond motifs is 1. The summed E-state index contributed by atoms with van der Waals surface area (Å²) in [6.45, 7) is 7.09. The number of piperidine rings is 1. The van der Waals surface area contributed by atoms with E-state index < -0.39 is 11.7 Å². The van der Waals surface area contributed by atoms with Crippen molar-refractivity contribution in [1.82, 2.24) is 15.3 Å². The largest absolute Gasteiger partial charge is 0.444 e. The molecule has 7 heteroatoms. The fourth-order valence-electron chi connectivity index (χ4n) is 4.09. The van der Waals surface area contributed by atoms with Gasteiger partial charge in [0, 0.05) is 25.5 Å². The maximum Gasteiger partial charge on any atom is 0.407 e. The number of alkyl carbamates (subject to hydrolysis) is 1. The number of carbonyl (C=O) groups is 1. The molecule has 2 aromatic rings. The summed E-state index contributed by atoms with van der Waals surface area (Å²) in [5, 5.41) is 3.03. The zero-order valence-electron chi connectivity index (χ0n) is 16.6. The van der Waals surface area contributed by atoms with E-state index in [9.17, 15) is 9.18 Å². The van der Waals surface area contributed by atoms with Gasteiger partial charge in [0.2, 0.25) is 0 Å². The predicted molar refractivity (Wildman–Crippen MR) is 106 cm³/mol. The first-order chi connectivity index (χ1) is 13.3. The molecule has 0 unspecified atom stereocenters. The van der Waals surface area contributed by atoms with Gasteiger partial charge in [-0.25, -0.2) is 14.2 Å². The summed E-state index contributed by atoms with van der Waals surface area (Å²) >= 11 is 0. The molecular weight excluding hydrogens is 359 g/mol. The smallest absolute Gasteiger partial charge is 0.407 e. The van der Waals surface area contributed by atoms with Gasteiger partial charge in [0.05, 0.1) is 11.7 Å². The lowest BCUT2D eigenvalue weighted by molar-refractivity contribution is 0.0492. The van der Waals surface area contributed by atoms with Gasteiger partial charge in [-0.3, -0.25) is 4.98 Å². The van der Waals surface area contributed by atoms with Gasteiger partial charge in [-0.2, -0.15) is 0 Å². The first kappa shape index (κ1) is 18.9. The van der Waals surface area contributed by atoms with Crippen molar-refractivity contribution in [3.05, 3.63) is 30.3 Å². The summed E-state index contributed by atoms with van der Waals surface area (Å²) in [4.78, 5) is 23.0. The molecule has 2 aliphatic rings. The molecule has 6 nitrogen and oxygen atoms in total. The molecular formula is C21H27FN4O2. The number of aromatic nitrogens is 2. The average molecular weight is 386 g/mol.